The molecule has 1 fully saturated rings. The largest absolute Gasteiger partial charge is 0.481 e. The molecule has 1 saturated heterocycles. The van der Waals surface area contributed by atoms with E-state index in [9.17, 15) is 9.59 Å². The monoisotopic (exact) mass is 230 g/mol. The fraction of sp³-hybridized carbons (Fsp3) is 0.667. The van der Waals surface area contributed by atoms with Crippen molar-refractivity contribution >= 4 is 28.8 Å². The van der Waals surface area contributed by atoms with Crippen LogP contribution in [0, 0.1) is 0 Å². The Balaban J connectivity index is 2.68. The second-order valence-electron chi connectivity index (χ2n) is 4.28. The Morgan fingerprint density at radius 1 is 1.60 bits per heavy atom. The summed E-state index contributed by atoms with van der Waals surface area (Å²) in [6.45, 7) is 5.74. The Kier molecular flexibility index (Phi) is 3.38. The van der Waals surface area contributed by atoms with Crippen LogP contribution in [0.4, 0.5) is 0 Å². The number of nitrogens with one attached hydrogen (secondary N) is 1. The molecule has 0 bridgehead atoms. The van der Waals surface area contributed by atoms with Crippen molar-refractivity contribution in [1.29, 1.82) is 0 Å². The summed E-state index contributed by atoms with van der Waals surface area (Å²) in [6.07, 6.45) is -0.167. The lowest BCUT2D eigenvalue weighted by Crippen LogP contribution is -2.27. The number of aliphatic carboxylic acids is 1. The molecule has 1 heterocycles. The third kappa shape index (κ3) is 3.91. The van der Waals surface area contributed by atoms with Gasteiger partial charge in [-0.3, -0.25) is 14.6 Å². The van der Waals surface area contributed by atoms with E-state index in [4.69, 9.17) is 5.11 Å². The number of aliphatic imine (C=N–C) groups is 1. The molecular formula is C9H14N2O3S. The van der Waals surface area contributed by atoms with Gasteiger partial charge in [0.1, 0.15) is 5.25 Å². The maximum atomic E-state index is 11.3. The minimum absolute atomic E-state index is 0.167. The Morgan fingerprint density at radius 3 is 2.67 bits per heavy atom. The lowest BCUT2D eigenvalue weighted by atomic mass is 10.1. The normalized spacial score (nSPS) is 24.3. The smallest absolute Gasteiger partial charge is 0.305 e. The van der Waals surface area contributed by atoms with Gasteiger partial charge in [0.15, 0.2) is 5.17 Å². The van der Waals surface area contributed by atoms with E-state index in [0.29, 0.717) is 5.17 Å². The molecule has 0 radical (unpaired) electrons. The molecule has 0 aromatic carbocycles. The molecule has 1 rings (SSSR count). The van der Waals surface area contributed by atoms with Crippen molar-refractivity contribution < 1.29 is 14.7 Å². The summed E-state index contributed by atoms with van der Waals surface area (Å²) in [6, 6.07) is 0. The minimum atomic E-state index is -0.973. The van der Waals surface area contributed by atoms with Crippen LogP contribution in [0.25, 0.3) is 0 Å². The van der Waals surface area contributed by atoms with Crippen LogP contribution in [-0.2, 0) is 9.59 Å². The Hall–Kier alpha value is -1.04. The number of amides is 1. The van der Waals surface area contributed by atoms with Gasteiger partial charge in [0.2, 0.25) is 5.91 Å². The van der Waals surface area contributed by atoms with Crippen LogP contribution < -0.4 is 5.32 Å². The highest BCUT2D eigenvalue weighted by molar-refractivity contribution is 8.15. The summed E-state index contributed by atoms with van der Waals surface area (Å²) in [5, 5.41) is 11.1. The van der Waals surface area contributed by atoms with Crippen molar-refractivity contribution in [3.05, 3.63) is 0 Å². The van der Waals surface area contributed by atoms with E-state index in [-0.39, 0.29) is 17.9 Å². The number of amidine groups is 1. The molecule has 1 aliphatic heterocycles. The second-order valence-corrected chi connectivity index (χ2v) is 5.47. The zero-order valence-electron chi connectivity index (χ0n) is 8.90. The van der Waals surface area contributed by atoms with Gasteiger partial charge in [-0.15, -0.1) is 0 Å². The fourth-order valence-electron chi connectivity index (χ4n) is 1.06. The minimum Gasteiger partial charge on any atom is -0.481 e. The average molecular weight is 230 g/mol. The van der Waals surface area contributed by atoms with Gasteiger partial charge in [-0.1, -0.05) is 11.8 Å². The Morgan fingerprint density at radius 2 is 2.20 bits per heavy atom. The fourth-order valence-corrected chi connectivity index (χ4v) is 2.20. The molecule has 15 heavy (non-hydrogen) atoms. The Bertz CT molecular complexity index is 320. The summed E-state index contributed by atoms with van der Waals surface area (Å²) in [4.78, 5) is 26.1. The standard InChI is InChI=1S/C9H14N2O3S/c1-9(2,3)11-8-10-7(14)5(15-8)4-6(12)13/h5H,4H2,1-3H3,(H,12,13)(H,10,11,14). The van der Waals surface area contributed by atoms with E-state index in [2.05, 4.69) is 10.3 Å². The van der Waals surface area contributed by atoms with Crippen molar-refractivity contribution in [1.82, 2.24) is 5.32 Å². The summed E-state index contributed by atoms with van der Waals surface area (Å²) < 4.78 is 0. The van der Waals surface area contributed by atoms with Crippen molar-refractivity contribution in [2.75, 3.05) is 0 Å². The van der Waals surface area contributed by atoms with Gasteiger partial charge in [0.25, 0.3) is 0 Å². The lowest BCUT2D eigenvalue weighted by Gasteiger charge is -2.12. The molecule has 84 valence electrons. The molecule has 0 aromatic rings. The predicted octanol–water partition coefficient (Wildman–Crippen LogP) is 0.847. The van der Waals surface area contributed by atoms with E-state index >= 15 is 0 Å². The predicted molar refractivity (Wildman–Crippen MR) is 59.0 cm³/mol. The second kappa shape index (κ2) is 4.22. The summed E-state index contributed by atoms with van der Waals surface area (Å²) in [5.74, 6) is -1.25. The highest BCUT2D eigenvalue weighted by Gasteiger charge is 2.32. The van der Waals surface area contributed by atoms with E-state index in [1.54, 1.807) is 0 Å². The molecule has 1 atom stereocenters. The van der Waals surface area contributed by atoms with E-state index in [0.717, 1.165) is 0 Å². The molecular weight excluding hydrogens is 216 g/mol. The molecule has 0 saturated carbocycles. The zero-order valence-corrected chi connectivity index (χ0v) is 9.72. The van der Waals surface area contributed by atoms with Gasteiger partial charge < -0.3 is 10.4 Å². The molecule has 1 aliphatic rings. The number of hydrogen-bond donors (Lipinski definition) is 2. The quantitative estimate of drug-likeness (QED) is 0.737. The summed E-state index contributed by atoms with van der Waals surface area (Å²) in [7, 11) is 0. The van der Waals surface area contributed by atoms with Crippen LogP contribution in [0.15, 0.2) is 4.99 Å². The number of nitrogens with zero attached hydrogens (tertiary/aromatic N) is 1. The first-order chi connectivity index (χ1) is 6.78. The van der Waals surface area contributed by atoms with Crippen molar-refractivity contribution in [3.63, 3.8) is 0 Å². The Labute approximate surface area is 92.3 Å². The number of thioether (sulfide) groups is 1. The van der Waals surface area contributed by atoms with Crippen LogP contribution in [-0.4, -0.2) is 32.9 Å². The van der Waals surface area contributed by atoms with Crippen LogP contribution >= 0.6 is 11.8 Å². The summed E-state index contributed by atoms with van der Waals surface area (Å²) >= 11 is 1.18. The van der Waals surface area contributed by atoms with Gasteiger partial charge in [-0.05, 0) is 20.8 Å². The van der Waals surface area contributed by atoms with Gasteiger partial charge in [-0.2, -0.15) is 0 Å². The van der Waals surface area contributed by atoms with E-state index < -0.39 is 11.2 Å². The molecule has 0 spiro atoms. The molecule has 2 N–H and O–H groups in total. The molecule has 1 unspecified atom stereocenters. The van der Waals surface area contributed by atoms with Crippen LogP contribution in [0.3, 0.4) is 0 Å². The van der Waals surface area contributed by atoms with Crippen molar-refractivity contribution in [2.45, 2.75) is 38.0 Å². The molecule has 0 aromatic heterocycles. The number of rotatable bonds is 2. The molecule has 0 aliphatic carbocycles. The van der Waals surface area contributed by atoms with E-state index in [1.165, 1.54) is 11.8 Å². The van der Waals surface area contributed by atoms with Gasteiger partial charge >= 0.3 is 5.97 Å². The maximum absolute atomic E-state index is 11.3. The first-order valence-corrected chi connectivity index (χ1v) is 5.45. The molecule has 5 nitrogen and oxygen atoms in total. The zero-order chi connectivity index (χ0) is 11.6. The van der Waals surface area contributed by atoms with Crippen molar-refractivity contribution in [3.8, 4) is 0 Å². The number of hydrogen-bond acceptors (Lipinski definition) is 4. The number of carbonyl (C=O) groups excluding carboxylic acids is 1. The summed E-state index contributed by atoms with van der Waals surface area (Å²) in [5.41, 5.74) is -0.270. The number of carboxylic acid groups (broad SMARTS) is 1. The molecule has 6 heteroatoms. The lowest BCUT2D eigenvalue weighted by molar-refractivity contribution is -0.138. The van der Waals surface area contributed by atoms with Crippen molar-refractivity contribution in [2.24, 2.45) is 4.99 Å². The highest BCUT2D eigenvalue weighted by Crippen LogP contribution is 2.24. The number of carbonyl (C=O) groups is 2. The molecule has 1 amide bonds. The average Bonchev–Trinajstić information content (AvgIpc) is 2.26. The highest BCUT2D eigenvalue weighted by atomic mass is 32.2. The maximum Gasteiger partial charge on any atom is 0.305 e. The first-order valence-electron chi connectivity index (χ1n) is 4.57. The van der Waals surface area contributed by atoms with Gasteiger partial charge in [-0.25, -0.2) is 0 Å². The van der Waals surface area contributed by atoms with Gasteiger partial charge in [0, 0.05) is 0 Å². The topological polar surface area (TPSA) is 78.8 Å². The van der Waals surface area contributed by atoms with Crippen LogP contribution in [0.2, 0.25) is 0 Å². The first kappa shape index (κ1) is 12.0. The third-order valence-corrected chi connectivity index (χ3v) is 2.66. The van der Waals surface area contributed by atoms with Crippen LogP contribution in [0.1, 0.15) is 27.2 Å². The van der Waals surface area contributed by atoms with E-state index in [1.807, 2.05) is 20.8 Å². The SMILES string of the molecule is CC(C)(C)N=C1NC(=O)C(CC(=O)O)S1. The number of carboxylic acids is 1. The van der Waals surface area contributed by atoms with Gasteiger partial charge in [0.05, 0.1) is 12.0 Å². The third-order valence-electron chi connectivity index (χ3n) is 1.57. The van der Waals surface area contributed by atoms with Crippen LogP contribution in [0.5, 0.6) is 0 Å².